The number of carbonyl (C=O) groups excluding carboxylic acids is 1. The second-order valence-electron chi connectivity index (χ2n) is 2.42. The first-order chi connectivity index (χ1) is 4.16. The first kappa shape index (κ1) is 6.35. The molecule has 52 valence electrons. The molecule has 0 bridgehead atoms. The maximum Gasteiger partial charge on any atom is 0.528 e. The van der Waals surface area contributed by atoms with E-state index in [1.165, 1.54) is 0 Å². The van der Waals surface area contributed by atoms with Crippen LogP contribution in [0.25, 0.3) is 0 Å². The van der Waals surface area contributed by atoms with Crippen LogP contribution in [0.1, 0.15) is 19.8 Å². The van der Waals surface area contributed by atoms with Crippen LogP contribution in [0.3, 0.4) is 0 Å². The minimum atomic E-state index is -0.796. The van der Waals surface area contributed by atoms with Gasteiger partial charge in [0.2, 0.25) is 0 Å². The van der Waals surface area contributed by atoms with Gasteiger partial charge in [-0.2, -0.15) is 5.90 Å². The summed E-state index contributed by atoms with van der Waals surface area (Å²) in [5, 5.41) is 0. The predicted molar refractivity (Wildman–Crippen MR) is 29.4 cm³/mol. The molecule has 0 radical (unpaired) electrons. The molecule has 1 aliphatic carbocycles. The predicted octanol–water partition coefficient (Wildman–Crippen LogP) is 0.566. The zero-order valence-corrected chi connectivity index (χ0v) is 5.22. The summed E-state index contributed by atoms with van der Waals surface area (Å²) in [6.07, 6.45) is 1.01. The molecule has 0 aromatic carbocycles. The number of carbonyl (C=O) groups is 1. The summed E-state index contributed by atoms with van der Waals surface area (Å²) in [6.45, 7) is 1.84. The molecule has 0 amide bonds. The van der Waals surface area contributed by atoms with Crippen molar-refractivity contribution in [3.05, 3.63) is 0 Å². The summed E-state index contributed by atoms with van der Waals surface area (Å²) in [6, 6.07) is 0. The molecule has 4 heteroatoms. The summed E-state index contributed by atoms with van der Waals surface area (Å²) in [5.74, 6) is 4.53. The Morgan fingerprint density at radius 1 is 1.67 bits per heavy atom. The normalized spacial score (nSPS) is 20.7. The van der Waals surface area contributed by atoms with E-state index in [0.717, 1.165) is 12.8 Å². The standard InChI is InChI=1S/C5H9NO3/c1-5(2-3-5)8-4(7)9-6/h2-3,6H2,1H3. The lowest BCUT2D eigenvalue weighted by atomic mass is 10.4. The van der Waals surface area contributed by atoms with E-state index in [2.05, 4.69) is 10.7 Å². The topological polar surface area (TPSA) is 61.5 Å². The number of rotatable bonds is 1. The van der Waals surface area contributed by atoms with Crippen LogP contribution < -0.4 is 5.90 Å². The molecule has 1 rings (SSSR count). The van der Waals surface area contributed by atoms with Crippen molar-refractivity contribution in [2.75, 3.05) is 0 Å². The molecular formula is C5H9NO3. The van der Waals surface area contributed by atoms with Crippen molar-refractivity contribution in [1.29, 1.82) is 0 Å². The average molecular weight is 131 g/mol. The summed E-state index contributed by atoms with van der Waals surface area (Å²) in [4.78, 5) is 14.1. The molecule has 0 heterocycles. The molecule has 1 saturated carbocycles. The first-order valence-corrected chi connectivity index (χ1v) is 2.76. The third-order valence-corrected chi connectivity index (χ3v) is 1.38. The van der Waals surface area contributed by atoms with Crippen molar-refractivity contribution in [1.82, 2.24) is 0 Å². The van der Waals surface area contributed by atoms with E-state index in [-0.39, 0.29) is 5.60 Å². The van der Waals surface area contributed by atoms with Gasteiger partial charge in [-0.25, -0.2) is 4.79 Å². The van der Waals surface area contributed by atoms with Crippen LogP contribution in [-0.4, -0.2) is 11.8 Å². The number of nitrogens with two attached hydrogens (primary N) is 1. The molecule has 4 nitrogen and oxygen atoms in total. The lowest BCUT2D eigenvalue weighted by Gasteiger charge is -2.06. The molecule has 0 spiro atoms. The van der Waals surface area contributed by atoms with Gasteiger partial charge in [-0.05, 0) is 19.8 Å². The fourth-order valence-corrected chi connectivity index (χ4v) is 0.503. The molecule has 0 aromatic heterocycles. The van der Waals surface area contributed by atoms with Gasteiger partial charge in [0.25, 0.3) is 0 Å². The van der Waals surface area contributed by atoms with E-state index in [0.29, 0.717) is 0 Å². The number of hydrogen-bond acceptors (Lipinski definition) is 4. The van der Waals surface area contributed by atoms with Gasteiger partial charge in [0.05, 0.1) is 0 Å². The third kappa shape index (κ3) is 1.57. The van der Waals surface area contributed by atoms with Crippen molar-refractivity contribution < 1.29 is 14.4 Å². The van der Waals surface area contributed by atoms with E-state index < -0.39 is 6.16 Å². The molecule has 0 unspecified atom stereocenters. The molecule has 0 aliphatic heterocycles. The highest BCUT2D eigenvalue weighted by molar-refractivity contribution is 5.60. The third-order valence-electron chi connectivity index (χ3n) is 1.38. The zero-order valence-electron chi connectivity index (χ0n) is 5.22. The smallest absolute Gasteiger partial charge is 0.427 e. The SMILES string of the molecule is CC1(OC(=O)ON)CC1. The Bertz CT molecular complexity index is 130. The minimum Gasteiger partial charge on any atom is -0.427 e. The Labute approximate surface area is 52.9 Å². The average Bonchev–Trinajstić information content (AvgIpc) is 2.48. The summed E-state index contributed by atoms with van der Waals surface area (Å²) < 4.78 is 4.71. The lowest BCUT2D eigenvalue weighted by Crippen LogP contribution is -2.19. The monoisotopic (exact) mass is 131 g/mol. The first-order valence-electron chi connectivity index (χ1n) is 2.76. The quantitative estimate of drug-likeness (QED) is 0.417. The molecule has 9 heavy (non-hydrogen) atoms. The maximum absolute atomic E-state index is 10.3. The van der Waals surface area contributed by atoms with Crippen LogP contribution in [0.15, 0.2) is 0 Å². The van der Waals surface area contributed by atoms with Gasteiger partial charge in [-0.15, -0.1) is 0 Å². The zero-order chi connectivity index (χ0) is 6.91. The van der Waals surface area contributed by atoms with E-state index >= 15 is 0 Å². The summed E-state index contributed by atoms with van der Waals surface area (Å²) in [5.41, 5.74) is -0.281. The Balaban J connectivity index is 2.25. The Morgan fingerprint density at radius 3 is 2.56 bits per heavy atom. The number of ether oxygens (including phenoxy) is 1. The van der Waals surface area contributed by atoms with Gasteiger partial charge in [-0.1, -0.05) is 0 Å². The van der Waals surface area contributed by atoms with E-state index in [1.807, 2.05) is 6.92 Å². The van der Waals surface area contributed by atoms with Crippen LogP contribution >= 0.6 is 0 Å². The largest absolute Gasteiger partial charge is 0.528 e. The van der Waals surface area contributed by atoms with E-state index in [9.17, 15) is 4.79 Å². The molecular weight excluding hydrogens is 122 g/mol. The summed E-state index contributed by atoms with van der Waals surface area (Å²) >= 11 is 0. The van der Waals surface area contributed by atoms with Crippen LogP contribution in [0, 0.1) is 0 Å². The van der Waals surface area contributed by atoms with Crippen LogP contribution in [0.4, 0.5) is 4.79 Å². The van der Waals surface area contributed by atoms with Crippen molar-refractivity contribution in [3.8, 4) is 0 Å². The highest BCUT2D eigenvalue weighted by Gasteiger charge is 2.42. The maximum atomic E-state index is 10.3. The highest BCUT2D eigenvalue weighted by Crippen LogP contribution is 2.38. The van der Waals surface area contributed by atoms with Gasteiger partial charge in [0.1, 0.15) is 5.60 Å². The van der Waals surface area contributed by atoms with Crippen molar-refractivity contribution in [2.24, 2.45) is 5.90 Å². The van der Waals surface area contributed by atoms with Crippen molar-refractivity contribution >= 4 is 6.16 Å². The van der Waals surface area contributed by atoms with Crippen LogP contribution in [-0.2, 0) is 9.57 Å². The molecule has 1 aliphatic rings. The second kappa shape index (κ2) is 1.88. The van der Waals surface area contributed by atoms with Gasteiger partial charge in [0.15, 0.2) is 0 Å². The Hall–Kier alpha value is -0.770. The minimum absolute atomic E-state index is 0.281. The van der Waals surface area contributed by atoms with Crippen molar-refractivity contribution in [3.63, 3.8) is 0 Å². The Kier molecular flexibility index (Phi) is 1.32. The van der Waals surface area contributed by atoms with E-state index in [1.54, 1.807) is 0 Å². The van der Waals surface area contributed by atoms with Gasteiger partial charge in [-0.3, -0.25) is 0 Å². The fraction of sp³-hybridized carbons (Fsp3) is 0.800. The Morgan fingerprint density at radius 2 is 2.22 bits per heavy atom. The molecule has 0 aromatic rings. The van der Waals surface area contributed by atoms with Crippen LogP contribution in [0.2, 0.25) is 0 Å². The molecule has 0 atom stereocenters. The molecule has 2 N–H and O–H groups in total. The lowest BCUT2D eigenvalue weighted by molar-refractivity contribution is 0.0193. The van der Waals surface area contributed by atoms with Crippen LogP contribution in [0.5, 0.6) is 0 Å². The van der Waals surface area contributed by atoms with Gasteiger partial charge in [0, 0.05) is 0 Å². The van der Waals surface area contributed by atoms with Gasteiger partial charge >= 0.3 is 6.16 Å². The number of hydrogen-bond donors (Lipinski definition) is 1. The second-order valence-corrected chi connectivity index (χ2v) is 2.42. The molecule has 1 fully saturated rings. The van der Waals surface area contributed by atoms with Gasteiger partial charge < -0.3 is 9.57 Å². The fourth-order valence-electron chi connectivity index (χ4n) is 0.503. The summed E-state index contributed by atoms with van der Waals surface area (Å²) in [7, 11) is 0. The molecule has 0 saturated heterocycles. The van der Waals surface area contributed by atoms with Crippen molar-refractivity contribution in [2.45, 2.75) is 25.4 Å². The highest BCUT2D eigenvalue weighted by atomic mass is 16.8. The van der Waals surface area contributed by atoms with E-state index in [4.69, 9.17) is 4.74 Å².